The van der Waals surface area contributed by atoms with Gasteiger partial charge in [-0.3, -0.25) is 20.2 Å². The molecule has 30 heavy (non-hydrogen) atoms. The van der Waals surface area contributed by atoms with Gasteiger partial charge in [0.05, 0.1) is 30.3 Å². The van der Waals surface area contributed by atoms with Gasteiger partial charge in [0.1, 0.15) is 17.2 Å². The first-order chi connectivity index (χ1) is 14.4. The molecule has 1 aliphatic rings. The number of rotatable bonds is 6. The van der Waals surface area contributed by atoms with Crippen molar-refractivity contribution in [3.8, 4) is 17.2 Å². The number of benzene rings is 2. The first-order valence-electron chi connectivity index (χ1n) is 8.42. The molecule has 0 atom stereocenters. The lowest BCUT2D eigenvalue weighted by Gasteiger charge is -2.06. The number of nitro groups is 1. The maximum atomic E-state index is 12.1. The molecule has 0 unspecified atom stereocenters. The Labute approximate surface area is 175 Å². The molecule has 2 aromatic rings. The van der Waals surface area contributed by atoms with Crippen LogP contribution >= 0.6 is 11.8 Å². The van der Waals surface area contributed by atoms with E-state index in [1.807, 2.05) is 0 Å². The second-order valence-electron chi connectivity index (χ2n) is 5.82. The number of carbonyl (C=O) groups excluding carboxylic acids is 1. The third-order valence-corrected chi connectivity index (χ3v) is 4.85. The van der Waals surface area contributed by atoms with Gasteiger partial charge in [-0.05, 0) is 36.0 Å². The number of aromatic hydroxyl groups is 1. The summed E-state index contributed by atoms with van der Waals surface area (Å²) in [6.45, 7) is 0. The smallest absolute Gasteiger partial charge is 0.270 e. The number of hydrogen-bond acceptors (Lipinski definition) is 9. The molecule has 0 aliphatic carbocycles. The summed E-state index contributed by atoms with van der Waals surface area (Å²) in [6, 6.07) is 8.75. The average molecular weight is 428 g/mol. The minimum absolute atomic E-state index is 0.148. The Bertz CT molecular complexity index is 1100. The number of nitrogens with one attached hydrogen (secondary N) is 1. The van der Waals surface area contributed by atoms with E-state index in [2.05, 4.69) is 15.5 Å². The van der Waals surface area contributed by atoms with Crippen molar-refractivity contribution < 1.29 is 24.3 Å². The van der Waals surface area contributed by atoms with Crippen LogP contribution in [0.2, 0.25) is 0 Å². The maximum absolute atomic E-state index is 12.1. The third kappa shape index (κ3) is 4.75. The van der Waals surface area contributed by atoms with Gasteiger partial charge in [0, 0.05) is 29.3 Å². The second kappa shape index (κ2) is 9.09. The van der Waals surface area contributed by atoms with Crippen molar-refractivity contribution in [1.29, 1.82) is 0 Å². The topological polar surface area (TPSA) is 136 Å². The number of non-ortho nitro benzene ring substituents is 1. The fourth-order valence-electron chi connectivity index (χ4n) is 2.46. The van der Waals surface area contributed by atoms with Crippen LogP contribution in [0.3, 0.4) is 0 Å². The molecular formula is C19H16N4O6S. The number of amidine groups is 1. The van der Waals surface area contributed by atoms with Crippen molar-refractivity contribution in [3.05, 3.63) is 62.5 Å². The van der Waals surface area contributed by atoms with E-state index in [1.54, 1.807) is 25.3 Å². The Kier molecular flexibility index (Phi) is 6.32. The number of methoxy groups -OCH3 is 2. The summed E-state index contributed by atoms with van der Waals surface area (Å²) < 4.78 is 10.4. The lowest BCUT2D eigenvalue weighted by molar-refractivity contribution is -0.384. The van der Waals surface area contributed by atoms with Crippen molar-refractivity contribution in [2.75, 3.05) is 14.2 Å². The van der Waals surface area contributed by atoms with E-state index < -0.39 is 10.8 Å². The van der Waals surface area contributed by atoms with Crippen molar-refractivity contribution in [3.63, 3.8) is 0 Å². The molecule has 3 rings (SSSR count). The number of amides is 1. The lowest BCUT2D eigenvalue weighted by Crippen LogP contribution is -2.19. The summed E-state index contributed by atoms with van der Waals surface area (Å²) in [5.41, 5.74) is 0.610. The summed E-state index contributed by atoms with van der Waals surface area (Å²) in [6.07, 6.45) is 2.81. The van der Waals surface area contributed by atoms with Crippen LogP contribution in [0.15, 0.2) is 51.5 Å². The number of phenolic OH excluding ortho intramolecular Hbond substituents is 1. The molecule has 0 bridgehead atoms. The highest BCUT2D eigenvalue weighted by Crippen LogP contribution is 2.31. The maximum Gasteiger partial charge on any atom is 0.270 e. The number of ether oxygens (including phenoxy) is 2. The van der Waals surface area contributed by atoms with Gasteiger partial charge in [-0.2, -0.15) is 5.10 Å². The molecule has 1 fully saturated rings. The predicted molar refractivity (Wildman–Crippen MR) is 113 cm³/mol. The van der Waals surface area contributed by atoms with Gasteiger partial charge in [0.15, 0.2) is 5.17 Å². The monoisotopic (exact) mass is 428 g/mol. The Balaban J connectivity index is 1.78. The minimum atomic E-state index is -0.585. The van der Waals surface area contributed by atoms with E-state index in [1.165, 1.54) is 37.6 Å². The first kappa shape index (κ1) is 20.9. The van der Waals surface area contributed by atoms with E-state index in [4.69, 9.17) is 9.47 Å². The van der Waals surface area contributed by atoms with Gasteiger partial charge in [-0.15, -0.1) is 5.10 Å². The zero-order valence-electron chi connectivity index (χ0n) is 15.9. The van der Waals surface area contributed by atoms with Gasteiger partial charge in [-0.1, -0.05) is 0 Å². The normalized spacial score (nSPS) is 16.3. The molecule has 0 spiro atoms. The van der Waals surface area contributed by atoms with Crippen molar-refractivity contribution in [2.45, 2.75) is 0 Å². The van der Waals surface area contributed by atoms with Crippen molar-refractivity contribution in [2.24, 2.45) is 10.2 Å². The standard InChI is InChI=1S/C19H16N4O6S/c1-28-14-5-3-11(16(9-14)29-2)10-20-22-19-21-18(25)17(30-19)8-12-7-13(23(26)27)4-6-15(12)24/h3-10,24H,1-2H3,(H,21,22,25). The molecule has 2 N–H and O–H groups in total. The second-order valence-corrected chi connectivity index (χ2v) is 6.85. The molecule has 2 aromatic carbocycles. The molecule has 0 radical (unpaired) electrons. The average Bonchev–Trinajstić information content (AvgIpc) is 3.08. The summed E-state index contributed by atoms with van der Waals surface area (Å²) >= 11 is 0.992. The Morgan fingerprint density at radius 3 is 2.67 bits per heavy atom. The zero-order valence-corrected chi connectivity index (χ0v) is 16.7. The highest BCUT2D eigenvalue weighted by atomic mass is 32.2. The van der Waals surface area contributed by atoms with Crippen LogP contribution in [0.5, 0.6) is 17.2 Å². The number of hydrogen-bond donors (Lipinski definition) is 2. The summed E-state index contributed by atoms with van der Waals surface area (Å²) in [5.74, 6) is 0.537. The van der Waals surface area contributed by atoms with E-state index in [-0.39, 0.29) is 27.1 Å². The van der Waals surface area contributed by atoms with E-state index in [0.717, 1.165) is 11.8 Å². The number of nitro benzene ring substituents is 1. The van der Waals surface area contributed by atoms with Gasteiger partial charge < -0.3 is 14.6 Å². The van der Waals surface area contributed by atoms with Crippen molar-refractivity contribution >= 4 is 40.8 Å². The zero-order chi connectivity index (χ0) is 21.7. The van der Waals surface area contributed by atoms with Gasteiger partial charge in [-0.25, -0.2) is 0 Å². The fourth-order valence-corrected chi connectivity index (χ4v) is 3.23. The quantitative estimate of drug-likeness (QED) is 0.312. The van der Waals surface area contributed by atoms with Gasteiger partial charge >= 0.3 is 0 Å². The molecule has 0 aromatic heterocycles. The summed E-state index contributed by atoms with van der Waals surface area (Å²) in [4.78, 5) is 22.7. The Hall–Kier alpha value is -3.86. The Morgan fingerprint density at radius 2 is 1.97 bits per heavy atom. The molecule has 10 nitrogen and oxygen atoms in total. The molecule has 1 saturated heterocycles. The summed E-state index contributed by atoms with van der Waals surface area (Å²) in [5, 5.41) is 31.5. The number of carbonyl (C=O) groups is 1. The number of thioether (sulfide) groups is 1. The molecule has 1 aliphatic heterocycles. The third-order valence-electron chi connectivity index (χ3n) is 3.95. The molecule has 0 saturated carbocycles. The van der Waals surface area contributed by atoms with Crippen LogP contribution in [0.4, 0.5) is 5.69 Å². The highest BCUT2D eigenvalue weighted by molar-refractivity contribution is 8.18. The molecular weight excluding hydrogens is 412 g/mol. The van der Waals surface area contributed by atoms with E-state index in [0.29, 0.717) is 17.1 Å². The predicted octanol–water partition coefficient (Wildman–Crippen LogP) is 2.91. The van der Waals surface area contributed by atoms with Crippen LogP contribution in [0.1, 0.15) is 11.1 Å². The Morgan fingerprint density at radius 1 is 1.17 bits per heavy atom. The van der Waals surface area contributed by atoms with Crippen LogP contribution in [0, 0.1) is 10.1 Å². The van der Waals surface area contributed by atoms with Crippen LogP contribution in [-0.4, -0.2) is 41.5 Å². The van der Waals surface area contributed by atoms with Crippen LogP contribution < -0.4 is 14.8 Å². The molecule has 154 valence electrons. The van der Waals surface area contributed by atoms with Gasteiger partial charge in [0.2, 0.25) is 0 Å². The SMILES string of the molecule is COc1ccc(C=NN=C2NC(=O)C(=Cc3cc([N+](=O)[O-])ccc3O)S2)c(OC)c1. The fraction of sp³-hybridized carbons (Fsp3) is 0.105. The molecule has 1 amide bonds. The van der Waals surface area contributed by atoms with Crippen molar-refractivity contribution in [1.82, 2.24) is 5.32 Å². The lowest BCUT2D eigenvalue weighted by atomic mass is 10.1. The minimum Gasteiger partial charge on any atom is -0.507 e. The highest BCUT2D eigenvalue weighted by Gasteiger charge is 2.24. The van der Waals surface area contributed by atoms with E-state index >= 15 is 0 Å². The molecule has 1 heterocycles. The van der Waals surface area contributed by atoms with E-state index in [9.17, 15) is 20.0 Å². The molecule has 11 heteroatoms. The number of nitrogens with zero attached hydrogens (tertiary/aromatic N) is 3. The van der Waals surface area contributed by atoms with Gasteiger partial charge in [0.25, 0.3) is 11.6 Å². The summed E-state index contributed by atoms with van der Waals surface area (Å²) in [7, 11) is 3.07. The first-order valence-corrected chi connectivity index (χ1v) is 9.24. The van der Waals surface area contributed by atoms with Crippen LogP contribution in [0.25, 0.3) is 6.08 Å². The largest absolute Gasteiger partial charge is 0.507 e. The van der Waals surface area contributed by atoms with Crippen LogP contribution in [-0.2, 0) is 4.79 Å². The number of phenols is 1.